The van der Waals surface area contributed by atoms with Gasteiger partial charge in [-0.3, -0.25) is 0 Å². The van der Waals surface area contributed by atoms with Crippen LogP contribution in [0.1, 0.15) is 52.9 Å². The third-order valence-electron chi connectivity index (χ3n) is 4.94. The highest BCUT2D eigenvalue weighted by Gasteiger charge is 2.30. The Kier molecular flexibility index (Phi) is 5.50. The van der Waals surface area contributed by atoms with Gasteiger partial charge in [-0.05, 0) is 62.9 Å². The normalized spacial score (nSPS) is 38.8. The highest BCUT2D eigenvalue weighted by Crippen LogP contribution is 2.30. The molecule has 1 N–H and O–H groups in total. The van der Waals surface area contributed by atoms with Gasteiger partial charge in [-0.1, -0.05) is 20.8 Å². The van der Waals surface area contributed by atoms with Crippen molar-refractivity contribution in [2.24, 2.45) is 17.8 Å². The van der Waals surface area contributed by atoms with E-state index >= 15 is 0 Å². The van der Waals surface area contributed by atoms with Crippen LogP contribution in [0.15, 0.2) is 0 Å². The number of nitrogens with one attached hydrogen (secondary N) is 1. The first-order valence-electron chi connectivity index (χ1n) is 8.14. The van der Waals surface area contributed by atoms with E-state index in [2.05, 4.69) is 31.0 Å². The highest BCUT2D eigenvalue weighted by atomic mass is 15.1. The molecule has 18 heavy (non-hydrogen) atoms. The molecule has 4 atom stereocenters. The fourth-order valence-electron chi connectivity index (χ4n) is 4.02. The smallest absolute Gasteiger partial charge is 0.0108 e. The summed E-state index contributed by atoms with van der Waals surface area (Å²) in [5, 5.41) is 3.73. The third-order valence-corrected chi connectivity index (χ3v) is 4.94. The van der Waals surface area contributed by atoms with Gasteiger partial charge in [0.05, 0.1) is 0 Å². The fourth-order valence-corrected chi connectivity index (χ4v) is 4.02. The van der Waals surface area contributed by atoms with Crippen LogP contribution < -0.4 is 5.32 Å². The molecule has 0 aromatic carbocycles. The van der Waals surface area contributed by atoms with Crippen LogP contribution >= 0.6 is 0 Å². The van der Waals surface area contributed by atoms with Crippen molar-refractivity contribution < 1.29 is 0 Å². The van der Waals surface area contributed by atoms with E-state index in [0.717, 1.165) is 30.3 Å². The van der Waals surface area contributed by atoms with Crippen LogP contribution in [0, 0.1) is 17.8 Å². The summed E-state index contributed by atoms with van der Waals surface area (Å²) in [4.78, 5) is 2.74. The molecule has 1 aliphatic carbocycles. The van der Waals surface area contributed by atoms with E-state index < -0.39 is 0 Å². The van der Waals surface area contributed by atoms with Gasteiger partial charge in [-0.25, -0.2) is 0 Å². The van der Waals surface area contributed by atoms with E-state index in [-0.39, 0.29) is 0 Å². The van der Waals surface area contributed by atoms with E-state index in [4.69, 9.17) is 0 Å². The maximum Gasteiger partial charge on any atom is 0.0108 e. The average molecular weight is 252 g/mol. The van der Waals surface area contributed by atoms with Crippen molar-refractivity contribution in [1.82, 2.24) is 10.2 Å². The highest BCUT2D eigenvalue weighted by molar-refractivity contribution is 4.86. The summed E-state index contributed by atoms with van der Waals surface area (Å²) in [6.07, 6.45) is 7.10. The van der Waals surface area contributed by atoms with Crippen molar-refractivity contribution in [2.45, 2.75) is 58.9 Å². The minimum Gasteiger partial charge on any atom is -0.314 e. The van der Waals surface area contributed by atoms with Crippen molar-refractivity contribution in [3.05, 3.63) is 0 Å². The number of nitrogens with zero attached hydrogens (tertiary/aromatic N) is 1. The molecule has 1 saturated heterocycles. The molecule has 4 unspecified atom stereocenters. The van der Waals surface area contributed by atoms with E-state index in [0.29, 0.717) is 0 Å². The Labute approximate surface area is 114 Å². The van der Waals surface area contributed by atoms with Gasteiger partial charge in [0.25, 0.3) is 0 Å². The molecule has 0 amide bonds. The van der Waals surface area contributed by atoms with Crippen LogP contribution in [0.5, 0.6) is 0 Å². The third kappa shape index (κ3) is 3.96. The standard InChI is InChI=1S/C16H32N2/c1-4-17-16-8-7-13(2)10-15(16)12-18-9-5-6-14(3)11-18/h13-17H,4-12H2,1-3H3. The Morgan fingerprint density at radius 3 is 2.67 bits per heavy atom. The van der Waals surface area contributed by atoms with Crippen molar-refractivity contribution >= 4 is 0 Å². The summed E-state index contributed by atoms with van der Waals surface area (Å²) in [6.45, 7) is 12.2. The molecule has 0 radical (unpaired) electrons. The van der Waals surface area contributed by atoms with Gasteiger partial charge in [0, 0.05) is 19.1 Å². The molecule has 0 aromatic heterocycles. The van der Waals surface area contributed by atoms with Crippen molar-refractivity contribution in [1.29, 1.82) is 0 Å². The van der Waals surface area contributed by atoms with E-state index in [9.17, 15) is 0 Å². The number of rotatable bonds is 4. The summed E-state index contributed by atoms with van der Waals surface area (Å²) in [5.41, 5.74) is 0. The number of likely N-dealkylation sites (tertiary alicyclic amines) is 1. The molecule has 0 spiro atoms. The minimum atomic E-state index is 0.781. The molecular weight excluding hydrogens is 220 g/mol. The van der Waals surface area contributed by atoms with E-state index in [1.54, 1.807) is 0 Å². The Balaban J connectivity index is 1.87. The first kappa shape index (κ1) is 14.3. The first-order valence-corrected chi connectivity index (χ1v) is 8.14. The van der Waals surface area contributed by atoms with Crippen LogP contribution in [-0.4, -0.2) is 37.1 Å². The van der Waals surface area contributed by atoms with E-state index in [1.165, 1.54) is 51.7 Å². The second-order valence-corrected chi connectivity index (χ2v) is 6.85. The summed E-state index contributed by atoms with van der Waals surface area (Å²) in [5.74, 6) is 2.74. The molecule has 0 aromatic rings. The number of hydrogen-bond acceptors (Lipinski definition) is 2. The van der Waals surface area contributed by atoms with Gasteiger partial charge >= 0.3 is 0 Å². The predicted molar refractivity (Wildman–Crippen MR) is 78.8 cm³/mol. The molecular formula is C16H32N2. The number of hydrogen-bond donors (Lipinski definition) is 1. The molecule has 2 heteroatoms. The zero-order valence-electron chi connectivity index (χ0n) is 12.6. The van der Waals surface area contributed by atoms with Crippen molar-refractivity contribution in [2.75, 3.05) is 26.2 Å². The molecule has 1 heterocycles. The Morgan fingerprint density at radius 1 is 1.11 bits per heavy atom. The summed E-state index contributed by atoms with van der Waals surface area (Å²) in [7, 11) is 0. The topological polar surface area (TPSA) is 15.3 Å². The number of piperidine rings is 1. The Hall–Kier alpha value is -0.0800. The average Bonchev–Trinajstić information content (AvgIpc) is 2.33. The van der Waals surface area contributed by atoms with E-state index in [1.807, 2.05) is 0 Å². The monoisotopic (exact) mass is 252 g/mol. The summed E-state index contributed by atoms with van der Waals surface area (Å²) < 4.78 is 0. The SMILES string of the molecule is CCNC1CCC(C)CC1CN1CCCC(C)C1. The molecule has 2 fully saturated rings. The van der Waals surface area contributed by atoms with Crippen LogP contribution in [0.25, 0.3) is 0 Å². The second-order valence-electron chi connectivity index (χ2n) is 6.85. The maximum absolute atomic E-state index is 3.73. The zero-order chi connectivity index (χ0) is 13.0. The van der Waals surface area contributed by atoms with Gasteiger partial charge in [-0.15, -0.1) is 0 Å². The van der Waals surface area contributed by atoms with Crippen molar-refractivity contribution in [3.63, 3.8) is 0 Å². The maximum atomic E-state index is 3.73. The van der Waals surface area contributed by atoms with Crippen LogP contribution in [0.4, 0.5) is 0 Å². The van der Waals surface area contributed by atoms with Crippen molar-refractivity contribution in [3.8, 4) is 0 Å². The minimum absolute atomic E-state index is 0.781. The van der Waals surface area contributed by atoms with Gasteiger partial charge in [0.1, 0.15) is 0 Å². The van der Waals surface area contributed by atoms with Crippen LogP contribution in [0.3, 0.4) is 0 Å². The van der Waals surface area contributed by atoms with Gasteiger partial charge < -0.3 is 10.2 Å². The quantitative estimate of drug-likeness (QED) is 0.827. The fraction of sp³-hybridized carbons (Fsp3) is 1.00. The molecule has 1 saturated carbocycles. The Morgan fingerprint density at radius 2 is 1.94 bits per heavy atom. The largest absolute Gasteiger partial charge is 0.314 e. The van der Waals surface area contributed by atoms with Crippen LogP contribution in [0.2, 0.25) is 0 Å². The van der Waals surface area contributed by atoms with Crippen LogP contribution in [-0.2, 0) is 0 Å². The summed E-state index contributed by atoms with van der Waals surface area (Å²) >= 11 is 0. The van der Waals surface area contributed by atoms with Gasteiger partial charge in [-0.2, -0.15) is 0 Å². The lowest BCUT2D eigenvalue weighted by molar-refractivity contribution is 0.113. The van der Waals surface area contributed by atoms with Gasteiger partial charge in [0.2, 0.25) is 0 Å². The van der Waals surface area contributed by atoms with Gasteiger partial charge in [0.15, 0.2) is 0 Å². The Bertz CT molecular complexity index is 241. The molecule has 2 rings (SSSR count). The molecule has 0 bridgehead atoms. The molecule has 106 valence electrons. The predicted octanol–water partition coefficient (Wildman–Crippen LogP) is 3.13. The first-order chi connectivity index (χ1) is 8.69. The lowest BCUT2D eigenvalue weighted by atomic mass is 9.78. The zero-order valence-corrected chi connectivity index (χ0v) is 12.6. The lowest BCUT2D eigenvalue weighted by Gasteiger charge is -2.40. The summed E-state index contributed by atoms with van der Waals surface area (Å²) in [6, 6.07) is 0.781. The molecule has 1 aliphatic heterocycles. The molecule has 2 nitrogen and oxygen atoms in total. The second kappa shape index (κ2) is 6.91. The molecule has 2 aliphatic rings. The lowest BCUT2D eigenvalue weighted by Crippen LogP contribution is -2.47.